The van der Waals surface area contributed by atoms with Crippen LogP contribution in [0, 0.1) is 5.82 Å². The summed E-state index contributed by atoms with van der Waals surface area (Å²) in [5.41, 5.74) is 6.28. The van der Waals surface area contributed by atoms with Gasteiger partial charge in [-0.1, -0.05) is 0 Å². The predicted molar refractivity (Wildman–Crippen MR) is 50.7 cm³/mol. The molecule has 7 heteroatoms. The SMILES string of the molecule is NC(=O)CONC(=O)c1cc(F)ccc1O. The number of carbonyl (C=O) groups excluding carboxylic acids is 2. The van der Waals surface area contributed by atoms with Crippen LogP contribution in [0.4, 0.5) is 4.39 Å². The molecule has 0 aliphatic carbocycles. The monoisotopic (exact) mass is 228 g/mol. The van der Waals surface area contributed by atoms with E-state index in [9.17, 15) is 19.1 Å². The molecule has 0 spiro atoms. The van der Waals surface area contributed by atoms with Gasteiger partial charge in [0.25, 0.3) is 5.91 Å². The first kappa shape index (κ1) is 11.9. The van der Waals surface area contributed by atoms with E-state index < -0.39 is 30.0 Å². The number of nitrogens with one attached hydrogen (secondary N) is 1. The van der Waals surface area contributed by atoms with Gasteiger partial charge < -0.3 is 10.8 Å². The van der Waals surface area contributed by atoms with E-state index in [0.29, 0.717) is 0 Å². The number of nitrogens with two attached hydrogens (primary N) is 1. The van der Waals surface area contributed by atoms with Crippen molar-refractivity contribution in [1.82, 2.24) is 5.48 Å². The molecule has 0 aliphatic heterocycles. The van der Waals surface area contributed by atoms with E-state index in [2.05, 4.69) is 4.84 Å². The molecule has 0 unspecified atom stereocenters. The zero-order chi connectivity index (χ0) is 12.1. The van der Waals surface area contributed by atoms with Crippen molar-refractivity contribution in [2.75, 3.05) is 6.61 Å². The molecule has 0 radical (unpaired) electrons. The smallest absolute Gasteiger partial charge is 0.278 e. The zero-order valence-electron chi connectivity index (χ0n) is 8.07. The third-order valence-corrected chi connectivity index (χ3v) is 1.58. The third-order valence-electron chi connectivity index (χ3n) is 1.58. The summed E-state index contributed by atoms with van der Waals surface area (Å²) in [6, 6.07) is 2.85. The zero-order valence-corrected chi connectivity index (χ0v) is 8.07. The van der Waals surface area contributed by atoms with E-state index in [1.165, 1.54) is 0 Å². The maximum Gasteiger partial charge on any atom is 0.278 e. The number of hydroxylamine groups is 1. The summed E-state index contributed by atoms with van der Waals surface area (Å²) >= 11 is 0. The molecule has 86 valence electrons. The summed E-state index contributed by atoms with van der Waals surface area (Å²) in [5, 5.41) is 9.24. The maximum absolute atomic E-state index is 12.8. The van der Waals surface area contributed by atoms with Crippen LogP contribution in [0.3, 0.4) is 0 Å². The Morgan fingerprint density at radius 1 is 1.50 bits per heavy atom. The highest BCUT2D eigenvalue weighted by molar-refractivity contribution is 5.96. The van der Waals surface area contributed by atoms with Crippen molar-refractivity contribution in [1.29, 1.82) is 0 Å². The molecule has 1 rings (SSSR count). The van der Waals surface area contributed by atoms with Crippen molar-refractivity contribution >= 4 is 11.8 Å². The second-order valence-electron chi connectivity index (χ2n) is 2.85. The van der Waals surface area contributed by atoms with Crippen LogP contribution >= 0.6 is 0 Å². The van der Waals surface area contributed by atoms with E-state index in [4.69, 9.17) is 5.73 Å². The summed E-state index contributed by atoms with van der Waals surface area (Å²) in [4.78, 5) is 26.0. The number of aromatic hydroxyl groups is 1. The lowest BCUT2D eigenvalue weighted by Crippen LogP contribution is -2.29. The molecule has 1 aromatic rings. The normalized spacial score (nSPS) is 9.81. The van der Waals surface area contributed by atoms with Crippen LogP contribution in [-0.4, -0.2) is 23.5 Å². The lowest BCUT2D eigenvalue weighted by molar-refractivity contribution is -0.124. The molecule has 0 fully saturated rings. The molecule has 0 saturated heterocycles. The second-order valence-corrected chi connectivity index (χ2v) is 2.85. The summed E-state index contributed by atoms with van der Waals surface area (Å²) in [6.45, 7) is -0.512. The fourth-order valence-electron chi connectivity index (χ4n) is 0.918. The first-order chi connectivity index (χ1) is 7.50. The number of phenolic OH excluding ortho intramolecular Hbond substituents is 1. The summed E-state index contributed by atoms with van der Waals surface area (Å²) in [5.74, 6) is -2.73. The van der Waals surface area contributed by atoms with Gasteiger partial charge in [0.2, 0.25) is 5.91 Å². The maximum atomic E-state index is 12.8. The molecule has 0 saturated carbocycles. The highest BCUT2D eigenvalue weighted by Gasteiger charge is 2.12. The number of primary amides is 1. The van der Waals surface area contributed by atoms with Crippen molar-refractivity contribution in [2.24, 2.45) is 5.73 Å². The summed E-state index contributed by atoms with van der Waals surface area (Å²) in [7, 11) is 0. The van der Waals surface area contributed by atoms with Crippen LogP contribution in [-0.2, 0) is 9.63 Å². The number of hydrogen-bond donors (Lipinski definition) is 3. The van der Waals surface area contributed by atoms with Gasteiger partial charge in [-0.2, -0.15) is 0 Å². The Labute approximate surface area is 89.8 Å². The van der Waals surface area contributed by atoms with Crippen molar-refractivity contribution in [3.8, 4) is 5.75 Å². The minimum Gasteiger partial charge on any atom is -0.507 e. The lowest BCUT2D eigenvalue weighted by Gasteiger charge is -2.05. The van der Waals surface area contributed by atoms with Gasteiger partial charge in [0, 0.05) is 0 Å². The fraction of sp³-hybridized carbons (Fsp3) is 0.111. The molecular formula is C9H9FN2O4. The van der Waals surface area contributed by atoms with Crippen molar-refractivity contribution in [3.63, 3.8) is 0 Å². The molecule has 0 heterocycles. The molecular weight excluding hydrogens is 219 g/mol. The number of rotatable bonds is 4. The van der Waals surface area contributed by atoms with Crippen LogP contribution in [0.25, 0.3) is 0 Å². The Morgan fingerprint density at radius 2 is 2.19 bits per heavy atom. The van der Waals surface area contributed by atoms with Crippen molar-refractivity contribution < 1.29 is 23.9 Å². The van der Waals surface area contributed by atoms with Crippen LogP contribution in [0.2, 0.25) is 0 Å². The van der Waals surface area contributed by atoms with Gasteiger partial charge in [0.15, 0.2) is 6.61 Å². The number of benzene rings is 1. The second kappa shape index (κ2) is 5.08. The first-order valence-electron chi connectivity index (χ1n) is 4.19. The number of phenols is 1. The number of hydrogen-bond acceptors (Lipinski definition) is 4. The van der Waals surface area contributed by atoms with Crippen molar-refractivity contribution in [3.05, 3.63) is 29.6 Å². The highest BCUT2D eigenvalue weighted by Crippen LogP contribution is 2.17. The number of halogens is 1. The molecule has 0 atom stereocenters. The van der Waals surface area contributed by atoms with Crippen LogP contribution in [0.1, 0.15) is 10.4 Å². The number of amides is 2. The van der Waals surface area contributed by atoms with Gasteiger partial charge in [-0.05, 0) is 18.2 Å². The van der Waals surface area contributed by atoms with Gasteiger partial charge in [-0.15, -0.1) is 0 Å². The lowest BCUT2D eigenvalue weighted by atomic mass is 10.2. The first-order valence-corrected chi connectivity index (χ1v) is 4.19. The van der Waals surface area contributed by atoms with Gasteiger partial charge in [-0.3, -0.25) is 14.4 Å². The number of carbonyl (C=O) groups is 2. The molecule has 0 aromatic heterocycles. The minimum absolute atomic E-state index is 0.301. The predicted octanol–water partition coefficient (Wildman–Crippen LogP) is -0.322. The van der Waals surface area contributed by atoms with Gasteiger partial charge in [-0.25, -0.2) is 9.87 Å². The van der Waals surface area contributed by atoms with Crippen LogP contribution < -0.4 is 11.2 Å². The topological polar surface area (TPSA) is 102 Å². The molecule has 6 nitrogen and oxygen atoms in total. The molecule has 0 aliphatic rings. The molecule has 2 amide bonds. The Kier molecular flexibility index (Phi) is 3.78. The Hall–Kier alpha value is -2.15. The van der Waals surface area contributed by atoms with E-state index in [1.807, 2.05) is 5.48 Å². The molecule has 1 aromatic carbocycles. The summed E-state index contributed by atoms with van der Waals surface area (Å²) < 4.78 is 12.8. The van der Waals surface area contributed by atoms with E-state index >= 15 is 0 Å². The average Bonchev–Trinajstić information content (AvgIpc) is 2.21. The Balaban J connectivity index is 2.65. The van der Waals surface area contributed by atoms with Crippen molar-refractivity contribution in [2.45, 2.75) is 0 Å². The van der Waals surface area contributed by atoms with Crippen LogP contribution in [0.5, 0.6) is 5.75 Å². The highest BCUT2D eigenvalue weighted by atomic mass is 19.1. The van der Waals surface area contributed by atoms with E-state index in [-0.39, 0.29) is 5.56 Å². The minimum atomic E-state index is -0.877. The van der Waals surface area contributed by atoms with Gasteiger partial charge >= 0.3 is 0 Å². The average molecular weight is 228 g/mol. The van der Waals surface area contributed by atoms with E-state index in [1.54, 1.807) is 0 Å². The largest absolute Gasteiger partial charge is 0.507 e. The standard InChI is InChI=1S/C9H9FN2O4/c10-5-1-2-7(13)6(3-5)9(15)12-16-4-8(11)14/h1-3,13H,4H2,(H2,11,14)(H,12,15). The third kappa shape index (κ3) is 3.21. The fourth-order valence-corrected chi connectivity index (χ4v) is 0.918. The van der Waals surface area contributed by atoms with E-state index in [0.717, 1.165) is 18.2 Å². The summed E-state index contributed by atoms with van der Waals surface area (Å²) in [6.07, 6.45) is 0. The molecule has 0 bridgehead atoms. The molecule has 16 heavy (non-hydrogen) atoms. The van der Waals surface area contributed by atoms with Gasteiger partial charge in [0.1, 0.15) is 11.6 Å². The van der Waals surface area contributed by atoms with Gasteiger partial charge in [0.05, 0.1) is 5.56 Å². The van der Waals surface area contributed by atoms with Crippen LogP contribution in [0.15, 0.2) is 18.2 Å². The Bertz CT molecular complexity index is 422. The molecule has 4 N–H and O–H groups in total. The quantitative estimate of drug-likeness (QED) is 0.614. The Morgan fingerprint density at radius 3 is 2.81 bits per heavy atom.